The average molecular weight is 128 g/mol. The van der Waals surface area contributed by atoms with Crippen LogP contribution in [0.15, 0.2) is 0 Å². The first kappa shape index (κ1) is 7.65. The van der Waals surface area contributed by atoms with Crippen molar-refractivity contribution in [2.75, 3.05) is 6.54 Å². The maximum Gasteiger partial charge on any atom is 0.325 e. The summed E-state index contributed by atoms with van der Waals surface area (Å²) in [5.41, 5.74) is 0. The summed E-state index contributed by atoms with van der Waals surface area (Å²) in [4.78, 5) is 10.3. The topological polar surface area (TPSA) is 77.5 Å². The predicted octanol–water partition coefficient (Wildman–Crippen LogP) is -0.0305. The van der Waals surface area contributed by atoms with Crippen LogP contribution in [-0.2, 0) is 0 Å². The fraction of sp³-hybridized carbons (Fsp3) is 0.500. The van der Waals surface area contributed by atoms with E-state index in [2.05, 4.69) is 5.32 Å². The van der Waals surface area contributed by atoms with Crippen molar-refractivity contribution in [3.8, 4) is 0 Å². The summed E-state index contributed by atoms with van der Waals surface area (Å²) < 4.78 is -0.316. The van der Waals surface area contributed by atoms with E-state index in [0.717, 1.165) is 6.01 Å². The number of hydrogen-bond donors (Lipinski definition) is 1. The Balaban J connectivity index is 3.89. The highest BCUT2D eigenvalue weighted by Crippen LogP contribution is 1.69. The Morgan fingerprint density at radius 1 is 2.00 bits per heavy atom. The third-order valence-electron chi connectivity index (χ3n) is 0.603. The Kier molecular flexibility index (Phi) is 3.08. The maximum absolute atomic E-state index is 10.3. The molecule has 0 rings (SSSR count). The molecule has 9 heavy (non-hydrogen) atoms. The molecule has 50 valence electrons. The van der Waals surface area contributed by atoms with Crippen molar-refractivity contribution in [3.63, 3.8) is 0 Å². The summed E-state index contributed by atoms with van der Waals surface area (Å²) in [6.45, 7) is 2.00. The standard InChI is InChI=1S/C4H6N3O2/c1-2-6-4(8)7(9)3-5/h2H2,1H3,(H,6,8)/q-1. The SMILES string of the molecule is CCNC(=O)[N+]([O-])=C=[N-]. The van der Waals surface area contributed by atoms with Gasteiger partial charge in [0.05, 0.1) is 0 Å². The van der Waals surface area contributed by atoms with E-state index in [1.54, 1.807) is 6.92 Å². The monoisotopic (exact) mass is 128 g/mol. The van der Waals surface area contributed by atoms with Gasteiger partial charge in [0.25, 0.3) is 0 Å². The molecule has 0 aliphatic rings. The molecule has 0 aromatic heterocycles. The van der Waals surface area contributed by atoms with Crippen molar-refractivity contribution in [1.82, 2.24) is 5.32 Å². The minimum atomic E-state index is -0.917. The van der Waals surface area contributed by atoms with Gasteiger partial charge in [0, 0.05) is 6.54 Å². The van der Waals surface area contributed by atoms with Crippen LogP contribution in [0, 0.1) is 5.21 Å². The van der Waals surface area contributed by atoms with Crippen LogP contribution in [0.4, 0.5) is 4.79 Å². The molecule has 2 amide bonds. The summed E-state index contributed by atoms with van der Waals surface area (Å²) in [5, 5.41) is 20.0. The zero-order valence-corrected chi connectivity index (χ0v) is 4.92. The number of carbonyl (C=O) groups excluding carboxylic acids is 1. The summed E-state index contributed by atoms with van der Waals surface area (Å²) in [7, 11) is 0. The molecule has 5 heteroatoms. The van der Waals surface area contributed by atoms with E-state index < -0.39 is 6.03 Å². The third-order valence-corrected chi connectivity index (χ3v) is 0.603. The van der Waals surface area contributed by atoms with Gasteiger partial charge < -0.3 is 10.5 Å². The molecular weight excluding hydrogens is 122 g/mol. The van der Waals surface area contributed by atoms with Crippen LogP contribution in [0.3, 0.4) is 0 Å². The van der Waals surface area contributed by atoms with E-state index in [9.17, 15) is 10.0 Å². The maximum atomic E-state index is 10.3. The van der Waals surface area contributed by atoms with Gasteiger partial charge in [-0.1, -0.05) is 5.41 Å². The lowest BCUT2D eigenvalue weighted by molar-refractivity contribution is -0.342. The molecular formula is C4H6N3O2-. The summed E-state index contributed by atoms with van der Waals surface area (Å²) in [5.74, 6) is 0. The van der Waals surface area contributed by atoms with E-state index in [0.29, 0.717) is 6.54 Å². The van der Waals surface area contributed by atoms with Crippen molar-refractivity contribution < 1.29 is 9.53 Å². The van der Waals surface area contributed by atoms with Crippen molar-refractivity contribution in [3.05, 3.63) is 10.6 Å². The van der Waals surface area contributed by atoms with Crippen LogP contribution < -0.4 is 5.32 Å². The molecule has 0 heterocycles. The lowest BCUT2D eigenvalue weighted by Gasteiger charge is -2.09. The van der Waals surface area contributed by atoms with Crippen molar-refractivity contribution >= 4 is 12.0 Å². The Bertz CT molecular complexity index is 159. The first-order chi connectivity index (χ1) is 4.22. The second-order valence-electron chi connectivity index (χ2n) is 1.23. The molecule has 0 aliphatic carbocycles. The number of rotatable bonds is 1. The minimum Gasteiger partial charge on any atom is -0.795 e. The molecule has 0 aromatic carbocycles. The van der Waals surface area contributed by atoms with Gasteiger partial charge in [0.15, 0.2) is 0 Å². The van der Waals surface area contributed by atoms with E-state index in [1.807, 2.05) is 0 Å². The number of urea groups is 1. The summed E-state index contributed by atoms with van der Waals surface area (Å²) >= 11 is 0. The molecule has 0 saturated carbocycles. The number of amides is 2. The molecule has 0 unspecified atom stereocenters. The lowest BCUT2D eigenvalue weighted by atomic mass is 10.7. The predicted molar refractivity (Wildman–Crippen MR) is 31.1 cm³/mol. The minimum absolute atomic E-state index is 0.316. The zero-order chi connectivity index (χ0) is 7.28. The highest BCUT2D eigenvalue weighted by molar-refractivity contribution is 5.68. The smallest absolute Gasteiger partial charge is 0.325 e. The summed E-state index contributed by atoms with van der Waals surface area (Å²) in [6.07, 6.45) is 0. The van der Waals surface area contributed by atoms with Gasteiger partial charge in [0.2, 0.25) is 0 Å². The van der Waals surface area contributed by atoms with Crippen LogP contribution in [-0.4, -0.2) is 23.3 Å². The number of nitrogens with one attached hydrogen (secondary N) is 1. The number of carbonyl (C=O) groups is 1. The van der Waals surface area contributed by atoms with Gasteiger partial charge in [-0.2, -0.15) is 0 Å². The third kappa shape index (κ3) is 2.46. The second-order valence-corrected chi connectivity index (χ2v) is 1.23. The molecule has 0 bridgehead atoms. The van der Waals surface area contributed by atoms with Crippen LogP contribution in [0.25, 0.3) is 5.41 Å². The van der Waals surface area contributed by atoms with Crippen LogP contribution in [0.2, 0.25) is 0 Å². The van der Waals surface area contributed by atoms with Crippen LogP contribution >= 0.6 is 0 Å². The van der Waals surface area contributed by atoms with Crippen molar-refractivity contribution in [2.45, 2.75) is 6.92 Å². The van der Waals surface area contributed by atoms with E-state index in [4.69, 9.17) is 5.41 Å². The molecule has 0 fully saturated rings. The number of hydrogen-bond acceptors (Lipinski definition) is 2. The van der Waals surface area contributed by atoms with E-state index in [-0.39, 0.29) is 4.74 Å². The van der Waals surface area contributed by atoms with Crippen molar-refractivity contribution in [1.29, 1.82) is 0 Å². The van der Waals surface area contributed by atoms with Gasteiger partial charge in [0.1, 0.15) is 6.01 Å². The average Bonchev–Trinajstić information content (AvgIpc) is 1.87. The first-order valence-electron chi connectivity index (χ1n) is 2.37. The van der Waals surface area contributed by atoms with Gasteiger partial charge in [-0.05, 0) is 6.92 Å². The molecule has 0 aliphatic heterocycles. The highest BCUT2D eigenvalue weighted by atomic mass is 16.5. The lowest BCUT2D eigenvalue weighted by Crippen LogP contribution is -2.29. The van der Waals surface area contributed by atoms with Gasteiger partial charge >= 0.3 is 6.03 Å². The molecule has 1 N–H and O–H groups in total. The molecule has 0 spiro atoms. The quantitative estimate of drug-likeness (QED) is 0.233. The summed E-state index contributed by atoms with van der Waals surface area (Å²) in [6, 6.07) is 0.199. The molecule has 0 aromatic rings. The van der Waals surface area contributed by atoms with Gasteiger partial charge in [-0.15, -0.1) is 0 Å². The Morgan fingerprint density at radius 2 is 2.56 bits per heavy atom. The van der Waals surface area contributed by atoms with E-state index in [1.165, 1.54) is 0 Å². The number of hydroxylamine groups is 1. The van der Waals surface area contributed by atoms with Crippen LogP contribution in [0.5, 0.6) is 0 Å². The van der Waals surface area contributed by atoms with Crippen molar-refractivity contribution in [2.24, 2.45) is 0 Å². The molecule has 5 nitrogen and oxygen atoms in total. The Morgan fingerprint density at radius 3 is 2.89 bits per heavy atom. The Hall–Kier alpha value is -1.35. The van der Waals surface area contributed by atoms with Gasteiger partial charge in [-0.3, -0.25) is 4.74 Å². The Labute approximate surface area is 52.1 Å². The van der Waals surface area contributed by atoms with E-state index >= 15 is 0 Å². The zero-order valence-electron chi connectivity index (χ0n) is 4.92. The molecule has 0 radical (unpaired) electrons. The van der Waals surface area contributed by atoms with Gasteiger partial charge in [-0.25, -0.2) is 4.79 Å². The molecule has 0 saturated heterocycles. The number of nitrogens with zero attached hydrogens (tertiary/aromatic N) is 2. The largest absolute Gasteiger partial charge is 0.795 e. The fourth-order valence-corrected chi connectivity index (χ4v) is 0.268. The highest BCUT2D eigenvalue weighted by Gasteiger charge is 1.90. The normalized spacial score (nSPS) is 7.67. The molecule has 0 atom stereocenters. The first-order valence-corrected chi connectivity index (χ1v) is 2.37. The fourth-order valence-electron chi connectivity index (χ4n) is 0.268. The second kappa shape index (κ2) is 3.63. The van der Waals surface area contributed by atoms with Crippen LogP contribution in [0.1, 0.15) is 6.92 Å².